The first-order valence-electron chi connectivity index (χ1n) is 5.32. The van der Waals surface area contributed by atoms with Crippen molar-refractivity contribution in [3.05, 3.63) is 35.9 Å². The molecule has 0 radical (unpaired) electrons. The standard InChI is InChI=1S/C12H15NO4/c1-2-9(12(16)17)13-11(15)10(14)8-6-4-3-5-7-8/h3-7,9-10,14H,2H2,1H3,(H,13,15)(H,16,17)/t9-,10+/m1/s1. The zero-order valence-corrected chi connectivity index (χ0v) is 9.46. The van der Waals surface area contributed by atoms with E-state index in [-0.39, 0.29) is 6.42 Å². The van der Waals surface area contributed by atoms with Gasteiger partial charge in [-0.3, -0.25) is 4.79 Å². The highest BCUT2D eigenvalue weighted by Crippen LogP contribution is 2.12. The molecule has 0 aliphatic carbocycles. The summed E-state index contributed by atoms with van der Waals surface area (Å²) in [6.45, 7) is 1.65. The van der Waals surface area contributed by atoms with Gasteiger partial charge in [-0.1, -0.05) is 37.3 Å². The van der Waals surface area contributed by atoms with E-state index in [1.165, 1.54) is 0 Å². The largest absolute Gasteiger partial charge is 0.480 e. The molecule has 1 rings (SSSR count). The molecule has 0 saturated heterocycles. The molecule has 0 unspecified atom stereocenters. The minimum absolute atomic E-state index is 0.266. The Bertz CT molecular complexity index is 391. The maximum absolute atomic E-state index is 11.6. The number of aliphatic hydroxyl groups is 1. The summed E-state index contributed by atoms with van der Waals surface area (Å²) >= 11 is 0. The fourth-order valence-electron chi connectivity index (χ4n) is 1.38. The Balaban J connectivity index is 2.68. The Labute approximate surface area is 99.1 Å². The molecule has 0 fully saturated rings. The van der Waals surface area contributed by atoms with Gasteiger partial charge in [-0.2, -0.15) is 0 Å². The van der Waals surface area contributed by atoms with Gasteiger partial charge in [0.2, 0.25) is 0 Å². The van der Waals surface area contributed by atoms with Crippen LogP contribution in [-0.4, -0.2) is 28.1 Å². The number of benzene rings is 1. The number of aliphatic carboxylic acids is 1. The van der Waals surface area contributed by atoms with E-state index in [0.717, 1.165) is 0 Å². The van der Waals surface area contributed by atoms with Crippen molar-refractivity contribution in [1.82, 2.24) is 5.32 Å². The number of rotatable bonds is 5. The number of hydrogen-bond donors (Lipinski definition) is 3. The first kappa shape index (κ1) is 13.2. The van der Waals surface area contributed by atoms with Crippen LogP contribution in [0.1, 0.15) is 25.0 Å². The highest BCUT2D eigenvalue weighted by atomic mass is 16.4. The number of carbonyl (C=O) groups excluding carboxylic acids is 1. The molecule has 1 aromatic rings. The van der Waals surface area contributed by atoms with Crippen LogP contribution in [0, 0.1) is 0 Å². The van der Waals surface area contributed by atoms with Gasteiger partial charge in [0.05, 0.1) is 0 Å². The van der Waals surface area contributed by atoms with Gasteiger partial charge in [-0.25, -0.2) is 4.79 Å². The molecular weight excluding hydrogens is 222 g/mol. The van der Waals surface area contributed by atoms with Gasteiger partial charge >= 0.3 is 5.97 Å². The molecule has 0 aliphatic rings. The first-order valence-corrected chi connectivity index (χ1v) is 5.32. The maximum atomic E-state index is 11.6. The van der Waals surface area contributed by atoms with Crippen LogP contribution in [0.4, 0.5) is 0 Å². The van der Waals surface area contributed by atoms with Gasteiger partial charge in [0.1, 0.15) is 6.04 Å². The Hall–Kier alpha value is -1.88. The quantitative estimate of drug-likeness (QED) is 0.703. The number of carboxylic acids is 1. The fourth-order valence-corrected chi connectivity index (χ4v) is 1.38. The van der Waals surface area contributed by atoms with Gasteiger partial charge in [-0.05, 0) is 12.0 Å². The van der Waals surface area contributed by atoms with E-state index in [4.69, 9.17) is 5.11 Å². The lowest BCUT2D eigenvalue weighted by Crippen LogP contribution is -2.42. The molecule has 5 heteroatoms. The van der Waals surface area contributed by atoms with Crippen molar-refractivity contribution in [2.45, 2.75) is 25.5 Å². The van der Waals surface area contributed by atoms with E-state index < -0.39 is 24.0 Å². The third kappa shape index (κ3) is 3.57. The Kier molecular flexibility index (Phi) is 4.66. The third-order valence-corrected chi connectivity index (χ3v) is 2.39. The predicted octanol–water partition coefficient (Wildman–Crippen LogP) is 0.699. The highest BCUT2D eigenvalue weighted by Gasteiger charge is 2.23. The van der Waals surface area contributed by atoms with Crippen molar-refractivity contribution in [2.75, 3.05) is 0 Å². The summed E-state index contributed by atoms with van der Waals surface area (Å²) in [5.41, 5.74) is 0.435. The number of amides is 1. The van der Waals surface area contributed by atoms with Crippen molar-refractivity contribution < 1.29 is 19.8 Å². The van der Waals surface area contributed by atoms with Crippen LogP contribution in [0.2, 0.25) is 0 Å². The van der Waals surface area contributed by atoms with Crippen LogP contribution in [0.5, 0.6) is 0 Å². The van der Waals surface area contributed by atoms with Crippen molar-refractivity contribution in [1.29, 1.82) is 0 Å². The lowest BCUT2D eigenvalue weighted by Gasteiger charge is -2.15. The van der Waals surface area contributed by atoms with Crippen LogP contribution in [0.25, 0.3) is 0 Å². The summed E-state index contributed by atoms with van der Waals surface area (Å²) in [6.07, 6.45) is -1.08. The van der Waals surface area contributed by atoms with Crippen LogP contribution in [0.15, 0.2) is 30.3 Å². The Morgan fingerprint density at radius 1 is 1.29 bits per heavy atom. The monoisotopic (exact) mass is 237 g/mol. The van der Waals surface area contributed by atoms with Gasteiger partial charge in [0.25, 0.3) is 5.91 Å². The molecule has 0 bridgehead atoms. The van der Waals surface area contributed by atoms with Gasteiger partial charge in [-0.15, -0.1) is 0 Å². The number of carboxylic acid groups (broad SMARTS) is 1. The van der Waals surface area contributed by atoms with Crippen LogP contribution >= 0.6 is 0 Å². The first-order chi connectivity index (χ1) is 8.06. The van der Waals surface area contributed by atoms with Crippen LogP contribution in [-0.2, 0) is 9.59 Å². The van der Waals surface area contributed by atoms with E-state index in [0.29, 0.717) is 5.56 Å². The molecule has 1 aromatic carbocycles. The average molecular weight is 237 g/mol. The summed E-state index contributed by atoms with van der Waals surface area (Å²) in [6, 6.07) is 7.39. The molecule has 1 amide bonds. The number of carbonyl (C=O) groups is 2. The number of aliphatic hydroxyl groups excluding tert-OH is 1. The molecule has 0 aromatic heterocycles. The van der Waals surface area contributed by atoms with Gasteiger partial charge in [0.15, 0.2) is 6.10 Å². The molecule has 5 nitrogen and oxygen atoms in total. The molecule has 17 heavy (non-hydrogen) atoms. The van der Waals surface area contributed by atoms with E-state index >= 15 is 0 Å². The zero-order valence-electron chi connectivity index (χ0n) is 9.46. The lowest BCUT2D eigenvalue weighted by atomic mass is 10.1. The number of nitrogens with one attached hydrogen (secondary N) is 1. The van der Waals surface area contributed by atoms with Crippen molar-refractivity contribution in [3.63, 3.8) is 0 Å². The SMILES string of the molecule is CC[C@@H](NC(=O)[C@@H](O)c1ccccc1)C(=O)O. The van der Waals surface area contributed by atoms with Crippen LogP contribution in [0.3, 0.4) is 0 Å². The van der Waals surface area contributed by atoms with E-state index in [2.05, 4.69) is 5.32 Å². The summed E-state index contributed by atoms with van der Waals surface area (Å²) in [7, 11) is 0. The Morgan fingerprint density at radius 3 is 2.35 bits per heavy atom. The van der Waals surface area contributed by atoms with E-state index in [1.807, 2.05) is 0 Å². The second-order valence-corrected chi connectivity index (χ2v) is 3.62. The van der Waals surface area contributed by atoms with Gasteiger partial charge in [0, 0.05) is 0 Å². The highest BCUT2D eigenvalue weighted by molar-refractivity contribution is 5.86. The maximum Gasteiger partial charge on any atom is 0.326 e. The Morgan fingerprint density at radius 2 is 1.88 bits per heavy atom. The smallest absolute Gasteiger partial charge is 0.326 e. The molecule has 0 saturated carbocycles. The van der Waals surface area contributed by atoms with E-state index in [9.17, 15) is 14.7 Å². The summed E-state index contributed by atoms with van der Waals surface area (Å²) in [5.74, 6) is -1.81. The molecule has 0 aliphatic heterocycles. The number of hydrogen-bond acceptors (Lipinski definition) is 3. The average Bonchev–Trinajstić information content (AvgIpc) is 2.35. The normalized spacial score (nSPS) is 13.8. The second kappa shape index (κ2) is 6.00. The van der Waals surface area contributed by atoms with Crippen LogP contribution < -0.4 is 5.32 Å². The topological polar surface area (TPSA) is 86.6 Å². The minimum Gasteiger partial charge on any atom is -0.480 e. The molecular formula is C12H15NO4. The van der Waals surface area contributed by atoms with Crippen molar-refractivity contribution in [3.8, 4) is 0 Å². The summed E-state index contributed by atoms with van der Waals surface area (Å²) in [4.78, 5) is 22.3. The molecule has 0 spiro atoms. The molecule has 3 N–H and O–H groups in total. The fraction of sp³-hybridized carbons (Fsp3) is 0.333. The molecule has 2 atom stereocenters. The van der Waals surface area contributed by atoms with Gasteiger partial charge < -0.3 is 15.5 Å². The molecule has 0 heterocycles. The van der Waals surface area contributed by atoms with E-state index in [1.54, 1.807) is 37.3 Å². The predicted molar refractivity (Wildman–Crippen MR) is 61.3 cm³/mol. The second-order valence-electron chi connectivity index (χ2n) is 3.62. The van der Waals surface area contributed by atoms with Crippen molar-refractivity contribution >= 4 is 11.9 Å². The van der Waals surface area contributed by atoms with Crippen molar-refractivity contribution in [2.24, 2.45) is 0 Å². The minimum atomic E-state index is -1.34. The zero-order chi connectivity index (χ0) is 12.8. The molecule has 92 valence electrons. The lowest BCUT2D eigenvalue weighted by molar-refractivity contribution is -0.143. The summed E-state index contributed by atoms with van der Waals surface area (Å²) in [5, 5.41) is 20.8. The summed E-state index contributed by atoms with van der Waals surface area (Å²) < 4.78 is 0. The third-order valence-electron chi connectivity index (χ3n) is 2.39.